The van der Waals surface area contributed by atoms with Crippen LogP contribution in [0.3, 0.4) is 0 Å². The van der Waals surface area contributed by atoms with Gasteiger partial charge in [-0.15, -0.1) is 24.0 Å². The molecule has 1 aliphatic rings. The zero-order valence-corrected chi connectivity index (χ0v) is 18.6. The summed E-state index contributed by atoms with van der Waals surface area (Å²) in [7, 11) is 5.50. The van der Waals surface area contributed by atoms with E-state index in [4.69, 9.17) is 4.74 Å². The Labute approximate surface area is 178 Å². The molecule has 1 saturated heterocycles. The van der Waals surface area contributed by atoms with Gasteiger partial charge in [0.1, 0.15) is 5.75 Å². The molecule has 1 fully saturated rings. The molecule has 0 amide bonds. The molecule has 0 unspecified atom stereocenters. The fourth-order valence-electron chi connectivity index (χ4n) is 3.24. The first kappa shape index (κ1) is 21.3. The smallest absolute Gasteiger partial charge is 0.193 e. The van der Waals surface area contributed by atoms with Gasteiger partial charge in [0.15, 0.2) is 5.96 Å². The van der Waals surface area contributed by atoms with Gasteiger partial charge >= 0.3 is 0 Å². The second kappa shape index (κ2) is 10.4. The van der Waals surface area contributed by atoms with Crippen LogP contribution in [0.5, 0.6) is 5.75 Å². The highest BCUT2D eigenvalue weighted by Gasteiger charge is 2.20. The molecule has 1 aromatic carbocycles. The van der Waals surface area contributed by atoms with E-state index in [0.717, 1.165) is 50.9 Å². The molecular formula is C19H29IN6O. The number of halogens is 1. The lowest BCUT2D eigenvalue weighted by Crippen LogP contribution is -2.52. The highest BCUT2D eigenvalue weighted by atomic mass is 127. The number of anilines is 1. The number of aliphatic imine (C=N–C) groups is 1. The number of ether oxygens (including phenoxy) is 1. The molecule has 1 aliphatic heterocycles. The zero-order valence-electron chi connectivity index (χ0n) is 16.3. The van der Waals surface area contributed by atoms with Crippen molar-refractivity contribution in [1.29, 1.82) is 0 Å². The lowest BCUT2D eigenvalue weighted by atomic mass is 10.2. The van der Waals surface area contributed by atoms with E-state index in [-0.39, 0.29) is 24.0 Å². The topological polar surface area (TPSA) is 57.9 Å². The van der Waals surface area contributed by atoms with Crippen molar-refractivity contribution in [1.82, 2.24) is 20.0 Å². The molecule has 1 N–H and O–H groups in total. The molecule has 0 spiro atoms. The first-order valence-corrected chi connectivity index (χ1v) is 9.01. The molecule has 27 heavy (non-hydrogen) atoms. The fraction of sp³-hybridized carbons (Fsp3) is 0.474. The summed E-state index contributed by atoms with van der Waals surface area (Å²) < 4.78 is 7.17. The minimum atomic E-state index is 0. The Morgan fingerprint density at radius 3 is 2.67 bits per heavy atom. The number of aryl methyl sites for hydroxylation is 1. The van der Waals surface area contributed by atoms with E-state index >= 15 is 0 Å². The van der Waals surface area contributed by atoms with Crippen LogP contribution in [0, 0.1) is 0 Å². The molecule has 7 nitrogen and oxygen atoms in total. The van der Waals surface area contributed by atoms with Gasteiger partial charge < -0.3 is 19.9 Å². The molecule has 0 atom stereocenters. The predicted octanol–water partition coefficient (Wildman–Crippen LogP) is 1.99. The Kier molecular flexibility index (Phi) is 8.21. The van der Waals surface area contributed by atoms with Gasteiger partial charge in [-0.3, -0.25) is 9.67 Å². The summed E-state index contributed by atoms with van der Waals surface area (Å²) >= 11 is 0. The lowest BCUT2D eigenvalue weighted by Gasteiger charge is -2.37. The maximum atomic E-state index is 5.33. The number of rotatable bonds is 5. The second-order valence-corrected chi connectivity index (χ2v) is 6.42. The average Bonchev–Trinajstić information content (AvgIpc) is 3.10. The number of hydrogen-bond donors (Lipinski definition) is 1. The highest BCUT2D eigenvalue weighted by molar-refractivity contribution is 14.0. The van der Waals surface area contributed by atoms with Gasteiger partial charge in [-0.25, -0.2) is 0 Å². The van der Waals surface area contributed by atoms with E-state index in [0.29, 0.717) is 0 Å². The van der Waals surface area contributed by atoms with E-state index in [1.54, 1.807) is 7.11 Å². The van der Waals surface area contributed by atoms with Crippen LogP contribution in [0.1, 0.15) is 5.56 Å². The molecule has 2 heterocycles. The molecular weight excluding hydrogens is 455 g/mol. The number of guanidine groups is 1. The maximum Gasteiger partial charge on any atom is 0.193 e. The lowest BCUT2D eigenvalue weighted by molar-refractivity contribution is 0.372. The van der Waals surface area contributed by atoms with Crippen LogP contribution >= 0.6 is 24.0 Å². The highest BCUT2D eigenvalue weighted by Crippen LogP contribution is 2.22. The van der Waals surface area contributed by atoms with Crippen LogP contribution in [-0.2, 0) is 13.5 Å². The molecule has 8 heteroatoms. The minimum absolute atomic E-state index is 0. The summed E-state index contributed by atoms with van der Waals surface area (Å²) in [6.07, 6.45) is 4.91. The van der Waals surface area contributed by atoms with Crippen molar-refractivity contribution in [3.05, 3.63) is 42.2 Å². The van der Waals surface area contributed by atoms with E-state index < -0.39 is 0 Å². The third-order valence-corrected chi connectivity index (χ3v) is 4.66. The third kappa shape index (κ3) is 5.75. The first-order valence-electron chi connectivity index (χ1n) is 9.01. The summed E-state index contributed by atoms with van der Waals surface area (Å²) in [5, 5.41) is 7.68. The Morgan fingerprint density at radius 1 is 1.26 bits per heavy atom. The largest absolute Gasteiger partial charge is 0.497 e. The van der Waals surface area contributed by atoms with E-state index in [1.807, 2.05) is 37.1 Å². The Balaban J connectivity index is 0.00000261. The number of nitrogens with zero attached hydrogens (tertiary/aromatic N) is 5. The zero-order chi connectivity index (χ0) is 18.4. The monoisotopic (exact) mass is 484 g/mol. The third-order valence-electron chi connectivity index (χ3n) is 4.66. The van der Waals surface area contributed by atoms with Crippen molar-refractivity contribution >= 4 is 35.6 Å². The van der Waals surface area contributed by atoms with E-state index in [2.05, 4.69) is 43.5 Å². The standard InChI is InChI=1S/C19H28N6O.HI/c1-20-19(21-8-7-16-14-22-23(2)15-16)25-11-9-24(10-12-25)17-5-4-6-18(13-17)26-3;/h4-6,13-15H,7-12H2,1-3H3,(H,20,21);1H. The van der Waals surface area contributed by atoms with Crippen molar-refractivity contribution in [3.63, 3.8) is 0 Å². The molecule has 3 rings (SSSR count). The number of nitrogens with one attached hydrogen (secondary N) is 1. The van der Waals surface area contributed by atoms with Gasteiger partial charge in [0.25, 0.3) is 0 Å². The number of piperazine rings is 1. The Hall–Kier alpha value is -1.97. The molecule has 148 valence electrons. The summed E-state index contributed by atoms with van der Waals surface area (Å²) in [4.78, 5) is 9.16. The predicted molar refractivity (Wildman–Crippen MR) is 120 cm³/mol. The Bertz CT molecular complexity index is 739. The van der Waals surface area contributed by atoms with Gasteiger partial charge in [0, 0.05) is 64.8 Å². The average molecular weight is 484 g/mol. The number of aromatic nitrogens is 2. The van der Waals surface area contributed by atoms with Crippen molar-refractivity contribution < 1.29 is 4.74 Å². The molecule has 0 aliphatic carbocycles. The van der Waals surface area contributed by atoms with Gasteiger partial charge in [-0.2, -0.15) is 5.10 Å². The molecule has 0 radical (unpaired) electrons. The van der Waals surface area contributed by atoms with Crippen molar-refractivity contribution in [2.45, 2.75) is 6.42 Å². The quantitative estimate of drug-likeness (QED) is 0.400. The van der Waals surface area contributed by atoms with Gasteiger partial charge in [-0.1, -0.05) is 6.07 Å². The summed E-state index contributed by atoms with van der Waals surface area (Å²) in [5.74, 6) is 1.87. The SMILES string of the molecule is CN=C(NCCc1cnn(C)c1)N1CCN(c2cccc(OC)c2)CC1.I. The van der Waals surface area contributed by atoms with Crippen molar-refractivity contribution in [2.24, 2.45) is 12.0 Å². The van der Waals surface area contributed by atoms with Crippen LogP contribution < -0.4 is 15.0 Å². The van der Waals surface area contributed by atoms with Crippen LogP contribution in [0.15, 0.2) is 41.7 Å². The van der Waals surface area contributed by atoms with Crippen LogP contribution in [0.25, 0.3) is 0 Å². The minimum Gasteiger partial charge on any atom is -0.497 e. The Morgan fingerprint density at radius 2 is 2.04 bits per heavy atom. The molecule has 0 bridgehead atoms. The summed E-state index contributed by atoms with van der Waals surface area (Å²) in [5.41, 5.74) is 2.45. The normalized spacial score (nSPS) is 14.7. The molecule has 1 aromatic heterocycles. The van der Waals surface area contributed by atoms with Crippen molar-refractivity contribution in [2.75, 3.05) is 51.8 Å². The first-order chi connectivity index (χ1) is 12.7. The summed E-state index contributed by atoms with van der Waals surface area (Å²) in [6, 6.07) is 8.25. The van der Waals surface area contributed by atoms with Gasteiger partial charge in [0.05, 0.1) is 13.3 Å². The number of hydrogen-bond acceptors (Lipinski definition) is 4. The van der Waals surface area contributed by atoms with Crippen LogP contribution in [0.4, 0.5) is 5.69 Å². The van der Waals surface area contributed by atoms with Gasteiger partial charge in [-0.05, 0) is 24.1 Å². The molecule has 0 saturated carbocycles. The van der Waals surface area contributed by atoms with E-state index in [9.17, 15) is 0 Å². The second-order valence-electron chi connectivity index (χ2n) is 6.42. The van der Waals surface area contributed by atoms with Gasteiger partial charge in [0.2, 0.25) is 0 Å². The number of methoxy groups -OCH3 is 1. The van der Waals surface area contributed by atoms with Crippen molar-refractivity contribution in [3.8, 4) is 5.75 Å². The molecule has 2 aromatic rings. The van der Waals surface area contributed by atoms with E-state index in [1.165, 1.54) is 11.3 Å². The fourth-order valence-corrected chi connectivity index (χ4v) is 3.24. The number of benzene rings is 1. The maximum absolute atomic E-state index is 5.33. The van der Waals surface area contributed by atoms with Crippen LogP contribution in [-0.4, -0.2) is 67.5 Å². The van der Waals surface area contributed by atoms with Crippen LogP contribution in [0.2, 0.25) is 0 Å². The summed E-state index contributed by atoms with van der Waals surface area (Å²) in [6.45, 7) is 4.69.